The Hall–Kier alpha value is -5.49. The Morgan fingerprint density at radius 3 is 0.747 bits per heavy atom. The van der Waals surface area contributed by atoms with Crippen LogP contribution in [0.25, 0.3) is 0 Å². The minimum Gasteiger partial charge on any atom is -0.462 e. The number of rotatable bonds is 58. The Bertz CT molecular complexity index is 1940. The Kier molecular flexibility index (Phi) is 64.4. The molecule has 0 aromatic carbocycles. The molecule has 0 aromatic rings. The number of unbranched alkanes of at least 4 members (excludes halogenated alkanes) is 17. The Morgan fingerprint density at radius 2 is 0.470 bits per heavy atom. The molecule has 0 aliphatic rings. The van der Waals surface area contributed by atoms with Crippen LogP contribution in [0.15, 0.2) is 182 Å². The van der Waals surface area contributed by atoms with Gasteiger partial charge in [0, 0.05) is 19.3 Å². The van der Waals surface area contributed by atoms with Crippen molar-refractivity contribution in [2.24, 2.45) is 0 Å². The fraction of sp³-hybridized carbons (Fsp3) is 0.571. The maximum Gasteiger partial charge on any atom is 0.306 e. The van der Waals surface area contributed by atoms with Gasteiger partial charge in [0.15, 0.2) is 6.10 Å². The van der Waals surface area contributed by atoms with Gasteiger partial charge in [-0.25, -0.2) is 0 Å². The standard InChI is InChI=1S/C77H120O6/c1-4-7-10-13-16-19-22-25-28-30-32-34-36-38-40-42-44-46-49-52-55-58-61-64-67-70-76(79)82-73-74(72-81-75(78)69-66-63-60-57-54-51-48-27-24-21-18-15-12-9-6-3)83-77(80)71-68-65-62-59-56-53-50-47-45-43-41-39-37-35-33-31-29-26-23-20-17-14-11-8-5-2/h7-8,10-11,16-21,25-29,32-35,38-41,44-48,52,55,74H,4-6,9,12-15,22-24,30-31,36-37,42-43,49-51,53-54,56-73H2,1-3H3/b10-7-,11-8-,19-16-,20-17-,21-18-,28-25-,29-26-,34-32-,35-33-,40-38-,41-39-,46-44-,47-45-,48-27-,55-52-. The number of esters is 3. The molecule has 0 bridgehead atoms. The first kappa shape index (κ1) is 77.5. The van der Waals surface area contributed by atoms with E-state index in [9.17, 15) is 14.4 Å². The third-order valence-electron chi connectivity index (χ3n) is 13.4. The molecule has 0 rings (SSSR count). The molecule has 6 heteroatoms. The van der Waals surface area contributed by atoms with Crippen LogP contribution >= 0.6 is 0 Å². The molecule has 0 saturated heterocycles. The number of carbonyl (C=O) groups excluding carboxylic acids is 3. The van der Waals surface area contributed by atoms with E-state index in [1.54, 1.807) is 0 Å². The first-order valence-corrected chi connectivity index (χ1v) is 33.3. The summed E-state index contributed by atoms with van der Waals surface area (Å²) in [5, 5.41) is 0. The summed E-state index contributed by atoms with van der Waals surface area (Å²) < 4.78 is 16.9. The molecular formula is C77H120O6. The van der Waals surface area contributed by atoms with E-state index in [-0.39, 0.29) is 31.1 Å². The summed E-state index contributed by atoms with van der Waals surface area (Å²) in [6.45, 7) is 6.33. The zero-order chi connectivity index (χ0) is 59.9. The normalized spacial score (nSPS) is 13.3. The molecule has 1 unspecified atom stereocenters. The summed E-state index contributed by atoms with van der Waals surface area (Å²) in [5.41, 5.74) is 0. The van der Waals surface area contributed by atoms with Crippen LogP contribution in [0.2, 0.25) is 0 Å². The first-order chi connectivity index (χ1) is 41.0. The maximum absolute atomic E-state index is 12.9. The molecule has 0 radical (unpaired) electrons. The van der Waals surface area contributed by atoms with E-state index in [2.05, 4.69) is 203 Å². The molecule has 1 atom stereocenters. The van der Waals surface area contributed by atoms with Crippen molar-refractivity contribution in [3.63, 3.8) is 0 Å². The van der Waals surface area contributed by atoms with E-state index in [4.69, 9.17) is 14.2 Å². The SMILES string of the molecule is CC/C=C\C/C=C\C/C=C\C/C=C\C/C=C\C/C=C\C/C=C\CCCCCC(=O)OCC(COC(=O)CCCCCCC/C=C\C/C=C\CCCCC)OC(=O)CCCCCCCC/C=C\C/C=C\C/C=C\C/C=C\C/C=C\C/C=C\CC. The monoisotopic (exact) mass is 1140 g/mol. The minimum absolute atomic E-state index is 0.111. The van der Waals surface area contributed by atoms with E-state index < -0.39 is 6.10 Å². The highest BCUT2D eigenvalue weighted by Crippen LogP contribution is 2.14. The second-order valence-corrected chi connectivity index (χ2v) is 21.3. The number of carbonyl (C=O) groups is 3. The van der Waals surface area contributed by atoms with Gasteiger partial charge in [-0.1, -0.05) is 267 Å². The van der Waals surface area contributed by atoms with Crippen molar-refractivity contribution in [2.75, 3.05) is 13.2 Å². The molecule has 0 aliphatic heterocycles. The van der Waals surface area contributed by atoms with Gasteiger partial charge >= 0.3 is 17.9 Å². The average Bonchev–Trinajstić information content (AvgIpc) is 3.49. The van der Waals surface area contributed by atoms with Crippen molar-refractivity contribution in [3.8, 4) is 0 Å². The first-order valence-electron chi connectivity index (χ1n) is 33.3. The summed E-state index contributed by atoms with van der Waals surface area (Å²) in [5.74, 6) is -0.978. The van der Waals surface area contributed by atoms with E-state index in [0.29, 0.717) is 19.3 Å². The Balaban J connectivity index is 4.52. The van der Waals surface area contributed by atoms with Gasteiger partial charge in [0.25, 0.3) is 0 Å². The smallest absolute Gasteiger partial charge is 0.306 e. The van der Waals surface area contributed by atoms with E-state index in [0.717, 1.165) is 186 Å². The number of hydrogen-bond donors (Lipinski definition) is 0. The van der Waals surface area contributed by atoms with Gasteiger partial charge in [0.05, 0.1) is 0 Å². The molecule has 0 fully saturated rings. The largest absolute Gasteiger partial charge is 0.462 e. The van der Waals surface area contributed by atoms with Crippen LogP contribution in [0.5, 0.6) is 0 Å². The van der Waals surface area contributed by atoms with Gasteiger partial charge in [0.1, 0.15) is 13.2 Å². The van der Waals surface area contributed by atoms with Crippen LogP contribution in [0.4, 0.5) is 0 Å². The van der Waals surface area contributed by atoms with Gasteiger partial charge in [-0.3, -0.25) is 14.4 Å². The topological polar surface area (TPSA) is 78.9 Å². The van der Waals surface area contributed by atoms with Crippen LogP contribution in [-0.4, -0.2) is 37.2 Å². The van der Waals surface area contributed by atoms with Crippen LogP contribution in [0, 0.1) is 0 Å². The van der Waals surface area contributed by atoms with Gasteiger partial charge in [-0.05, 0) is 161 Å². The van der Waals surface area contributed by atoms with Crippen LogP contribution in [0.1, 0.15) is 265 Å². The molecule has 0 saturated carbocycles. The van der Waals surface area contributed by atoms with Gasteiger partial charge in [-0.2, -0.15) is 0 Å². The van der Waals surface area contributed by atoms with Crippen molar-refractivity contribution in [3.05, 3.63) is 182 Å². The average molecular weight is 1140 g/mol. The van der Waals surface area contributed by atoms with Crippen molar-refractivity contribution in [1.82, 2.24) is 0 Å². The lowest BCUT2D eigenvalue weighted by Crippen LogP contribution is -2.30. The molecule has 0 heterocycles. The molecular weight excluding hydrogens is 1020 g/mol. The lowest BCUT2D eigenvalue weighted by molar-refractivity contribution is -0.167. The lowest BCUT2D eigenvalue weighted by Gasteiger charge is -2.18. The van der Waals surface area contributed by atoms with Gasteiger partial charge < -0.3 is 14.2 Å². The summed E-state index contributed by atoms with van der Waals surface area (Å²) in [4.78, 5) is 38.4. The molecule has 0 aromatic heterocycles. The zero-order valence-corrected chi connectivity index (χ0v) is 53.1. The lowest BCUT2D eigenvalue weighted by atomic mass is 10.1. The predicted octanol–water partition coefficient (Wildman–Crippen LogP) is 23.2. The predicted molar refractivity (Wildman–Crippen MR) is 361 cm³/mol. The fourth-order valence-corrected chi connectivity index (χ4v) is 8.46. The van der Waals surface area contributed by atoms with Gasteiger partial charge in [0.2, 0.25) is 0 Å². The quantitative estimate of drug-likeness (QED) is 0.0261. The summed E-state index contributed by atoms with van der Waals surface area (Å²) in [7, 11) is 0. The second-order valence-electron chi connectivity index (χ2n) is 21.3. The molecule has 0 aliphatic carbocycles. The molecule has 0 amide bonds. The molecule has 0 spiro atoms. The van der Waals surface area contributed by atoms with E-state index in [1.165, 1.54) is 38.5 Å². The number of allylic oxidation sites excluding steroid dienone is 30. The highest BCUT2D eigenvalue weighted by Gasteiger charge is 2.19. The minimum atomic E-state index is -0.819. The fourth-order valence-electron chi connectivity index (χ4n) is 8.46. The van der Waals surface area contributed by atoms with Crippen molar-refractivity contribution < 1.29 is 28.6 Å². The Labute approximate surface area is 510 Å². The summed E-state index contributed by atoms with van der Waals surface area (Å²) in [6.07, 6.45) is 103. The van der Waals surface area contributed by atoms with Crippen molar-refractivity contribution in [2.45, 2.75) is 271 Å². The Morgan fingerprint density at radius 1 is 0.253 bits per heavy atom. The third kappa shape index (κ3) is 67.2. The van der Waals surface area contributed by atoms with E-state index >= 15 is 0 Å². The zero-order valence-electron chi connectivity index (χ0n) is 53.1. The highest BCUT2D eigenvalue weighted by atomic mass is 16.6. The van der Waals surface area contributed by atoms with Crippen LogP contribution in [-0.2, 0) is 28.6 Å². The van der Waals surface area contributed by atoms with Crippen LogP contribution < -0.4 is 0 Å². The molecule has 6 nitrogen and oxygen atoms in total. The van der Waals surface area contributed by atoms with Crippen molar-refractivity contribution in [1.29, 1.82) is 0 Å². The molecule has 83 heavy (non-hydrogen) atoms. The molecule has 0 N–H and O–H groups in total. The summed E-state index contributed by atoms with van der Waals surface area (Å²) >= 11 is 0. The number of hydrogen-bond acceptors (Lipinski definition) is 6. The highest BCUT2D eigenvalue weighted by molar-refractivity contribution is 5.71. The molecule has 464 valence electrons. The second kappa shape index (κ2) is 69.0. The third-order valence-corrected chi connectivity index (χ3v) is 13.4. The van der Waals surface area contributed by atoms with Crippen molar-refractivity contribution >= 4 is 17.9 Å². The maximum atomic E-state index is 12.9. The summed E-state index contributed by atoms with van der Waals surface area (Å²) in [6, 6.07) is 0. The number of ether oxygens (including phenoxy) is 3. The van der Waals surface area contributed by atoms with Crippen LogP contribution in [0.3, 0.4) is 0 Å². The van der Waals surface area contributed by atoms with Gasteiger partial charge in [-0.15, -0.1) is 0 Å². The van der Waals surface area contributed by atoms with E-state index in [1.807, 2.05) is 0 Å².